The molecule has 3 amide bonds. The van der Waals surface area contributed by atoms with Crippen molar-refractivity contribution in [3.05, 3.63) is 41.4 Å². The topological polar surface area (TPSA) is 153 Å². The second-order valence-corrected chi connectivity index (χ2v) is 20.8. The Balaban J connectivity index is 1.30. The standard InChI is InChI=1S/C41H56N6O6S2/c1-10-26-20-41(26)38(50)45-55(51,52)32-18-25(32)14-11-12-17-31-33(22(2)3)42-36(54-31)28-15-13-16-29-34(28)43-39(47(29)23(4)5)53-27-19-30(35(48)44-41)46(21-27)37(49)24(6)40(7,8)9/h10,13,15-16,22-27,30,32H,1,11-12,14,17-21H2,2-9H3,(H,44,48)(H,45,50)/t24-,25-,26-,27-,30+,32-,41-/m1/s1. The number of para-hydroxylation sites is 1. The fourth-order valence-electron chi connectivity index (χ4n) is 8.33. The summed E-state index contributed by atoms with van der Waals surface area (Å²) in [7, 11) is -3.97. The molecule has 2 aliphatic heterocycles. The van der Waals surface area contributed by atoms with Gasteiger partial charge in [-0.15, -0.1) is 17.9 Å². The maximum Gasteiger partial charge on any atom is 0.297 e. The van der Waals surface area contributed by atoms with Crippen molar-refractivity contribution in [1.82, 2.24) is 29.5 Å². The first-order valence-electron chi connectivity index (χ1n) is 19.8. The third-order valence-electron chi connectivity index (χ3n) is 12.3. The van der Waals surface area contributed by atoms with Crippen molar-refractivity contribution in [2.75, 3.05) is 6.54 Å². The van der Waals surface area contributed by atoms with Crippen molar-refractivity contribution in [1.29, 1.82) is 0 Å². The number of nitrogens with zero attached hydrogens (tertiary/aromatic N) is 4. The minimum absolute atomic E-state index is 0.0162. The lowest BCUT2D eigenvalue weighted by Gasteiger charge is -2.33. The number of hydrogen-bond donors (Lipinski definition) is 2. The number of thiazole rings is 1. The monoisotopic (exact) mass is 792 g/mol. The van der Waals surface area contributed by atoms with Crippen LogP contribution in [0, 0.1) is 23.2 Å². The molecule has 4 aliphatic rings. The molecule has 1 aromatic carbocycles. The van der Waals surface area contributed by atoms with Crippen molar-refractivity contribution >= 4 is 50.1 Å². The zero-order chi connectivity index (χ0) is 39.8. The summed E-state index contributed by atoms with van der Waals surface area (Å²) in [5.74, 6) is -2.17. The number of nitrogens with one attached hydrogen (secondary N) is 2. The summed E-state index contributed by atoms with van der Waals surface area (Å²) in [5.41, 5.74) is 1.82. The second-order valence-electron chi connectivity index (χ2n) is 17.8. The van der Waals surface area contributed by atoms with Gasteiger partial charge in [-0.2, -0.15) is 4.98 Å². The van der Waals surface area contributed by atoms with Crippen LogP contribution in [0.5, 0.6) is 6.01 Å². The predicted octanol–water partition coefficient (Wildman–Crippen LogP) is 6.52. The molecule has 2 aromatic heterocycles. The zero-order valence-corrected chi connectivity index (χ0v) is 35.0. The molecule has 12 nitrogen and oxygen atoms in total. The van der Waals surface area contributed by atoms with E-state index in [1.165, 1.54) is 4.88 Å². The van der Waals surface area contributed by atoms with Crippen LogP contribution in [0.3, 0.4) is 0 Å². The van der Waals surface area contributed by atoms with Crippen molar-refractivity contribution in [3.63, 3.8) is 0 Å². The predicted molar refractivity (Wildman–Crippen MR) is 214 cm³/mol. The van der Waals surface area contributed by atoms with Gasteiger partial charge in [0.15, 0.2) is 0 Å². The van der Waals surface area contributed by atoms with Gasteiger partial charge in [0.05, 0.1) is 23.0 Å². The molecule has 2 N–H and O–H groups in total. The van der Waals surface area contributed by atoms with E-state index in [9.17, 15) is 22.8 Å². The Labute approximate surface area is 328 Å². The van der Waals surface area contributed by atoms with Crippen LogP contribution in [0.25, 0.3) is 21.6 Å². The van der Waals surface area contributed by atoms with E-state index in [1.807, 2.05) is 39.8 Å². The Kier molecular flexibility index (Phi) is 10.3. The maximum absolute atomic E-state index is 14.4. The van der Waals surface area contributed by atoms with Crippen molar-refractivity contribution in [2.24, 2.45) is 23.2 Å². The number of carbonyl (C=O) groups excluding carboxylic acids is 3. The molecule has 1 spiro atoms. The number of hydrogen-bond acceptors (Lipinski definition) is 9. The van der Waals surface area contributed by atoms with E-state index < -0.39 is 56.6 Å². The second kappa shape index (κ2) is 14.3. The number of fused-ring (bicyclic) bond motifs is 7. The fraction of sp³-hybridized carbons (Fsp3) is 0.634. The van der Waals surface area contributed by atoms with Crippen molar-refractivity contribution in [2.45, 2.75) is 135 Å². The minimum Gasteiger partial charge on any atom is -0.459 e. The highest BCUT2D eigenvalue weighted by Crippen LogP contribution is 2.47. The molecular formula is C41H56N6O6S2. The number of likely N-dealkylation sites (tertiary alicyclic amines) is 1. The number of rotatable bonds is 4. The Hall–Kier alpha value is -3.78. The van der Waals surface area contributed by atoms with Gasteiger partial charge in [0.25, 0.3) is 11.9 Å². The van der Waals surface area contributed by atoms with Crippen LogP contribution in [0.15, 0.2) is 30.9 Å². The van der Waals surface area contributed by atoms with E-state index in [2.05, 4.69) is 54.9 Å². The van der Waals surface area contributed by atoms with Crippen molar-refractivity contribution in [3.8, 4) is 16.6 Å². The van der Waals surface area contributed by atoms with Gasteiger partial charge in [0.2, 0.25) is 21.8 Å². The number of aryl methyl sites for hydroxylation is 1. The highest BCUT2D eigenvalue weighted by atomic mass is 32.2. The fourth-order valence-corrected chi connectivity index (χ4v) is 11.4. The van der Waals surface area contributed by atoms with Crippen LogP contribution in [0.1, 0.15) is 116 Å². The number of amides is 3. The third kappa shape index (κ3) is 7.33. The van der Waals surface area contributed by atoms with Gasteiger partial charge in [0.1, 0.15) is 28.2 Å². The molecule has 14 heteroatoms. The van der Waals surface area contributed by atoms with Gasteiger partial charge in [0, 0.05) is 34.7 Å². The Bertz CT molecular complexity index is 2130. The Morgan fingerprint density at radius 1 is 1.11 bits per heavy atom. The number of imidazole rings is 1. The SMILES string of the molecule is C=C[C@@H]1C[C@@]12NC(=O)[C@@H]1C[C@H](CN1C(=O)[C@@H](C)C(C)(C)C)Oc1nc3c(cccc3n1C(C)C)-c1nc(C(C)C)c(s1)CCCC[C@@H]1C[C@H]1S(=O)(=O)NC2=O. The van der Waals surface area contributed by atoms with Crippen LogP contribution in [0.4, 0.5) is 0 Å². The van der Waals surface area contributed by atoms with E-state index in [1.54, 1.807) is 22.3 Å². The summed E-state index contributed by atoms with van der Waals surface area (Å²) in [6.07, 6.45) is 5.20. The smallest absolute Gasteiger partial charge is 0.297 e. The Morgan fingerprint density at radius 2 is 1.85 bits per heavy atom. The number of carbonyl (C=O) groups is 3. The lowest BCUT2D eigenvalue weighted by Crippen LogP contribution is -2.57. The summed E-state index contributed by atoms with van der Waals surface area (Å²) in [4.78, 5) is 55.4. The lowest BCUT2D eigenvalue weighted by atomic mass is 9.81. The molecule has 1 saturated heterocycles. The first kappa shape index (κ1) is 39.5. The molecule has 3 aromatic rings. The molecule has 2 aliphatic carbocycles. The van der Waals surface area contributed by atoms with Gasteiger partial charge in [-0.05, 0) is 75.3 Å². The largest absolute Gasteiger partial charge is 0.459 e. The molecule has 0 unspecified atom stereocenters. The van der Waals surface area contributed by atoms with Crippen LogP contribution in [-0.2, 0) is 30.8 Å². The number of sulfonamides is 1. The highest BCUT2D eigenvalue weighted by Gasteiger charge is 2.62. The number of benzene rings is 1. The van der Waals surface area contributed by atoms with Gasteiger partial charge in [-0.3, -0.25) is 23.7 Å². The Morgan fingerprint density at radius 3 is 2.51 bits per heavy atom. The normalized spacial score (nSPS) is 28.8. The van der Waals surface area contributed by atoms with Gasteiger partial charge >= 0.3 is 0 Å². The molecule has 2 saturated carbocycles. The molecule has 7 atom stereocenters. The first-order valence-corrected chi connectivity index (χ1v) is 22.2. The van der Waals surface area contributed by atoms with Crippen molar-refractivity contribution < 1.29 is 27.5 Å². The molecule has 298 valence electrons. The molecule has 6 bridgehead atoms. The zero-order valence-electron chi connectivity index (χ0n) is 33.3. The highest BCUT2D eigenvalue weighted by molar-refractivity contribution is 7.91. The average Bonchev–Trinajstić information content (AvgIpc) is 3.87. The molecule has 7 rings (SSSR count). The lowest BCUT2D eigenvalue weighted by molar-refractivity contribution is -0.144. The number of ether oxygens (including phenoxy) is 1. The van der Waals surface area contributed by atoms with E-state index in [0.29, 0.717) is 12.4 Å². The van der Waals surface area contributed by atoms with E-state index >= 15 is 0 Å². The average molecular weight is 793 g/mol. The van der Waals surface area contributed by atoms with Crippen LogP contribution in [0.2, 0.25) is 0 Å². The molecule has 55 heavy (non-hydrogen) atoms. The number of aromatic nitrogens is 3. The summed E-state index contributed by atoms with van der Waals surface area (Å²) < 4.78 is 38.1. The maximum atomic E-state index is 14.4. The van der Waals surface area contributed by atoms with E-state index in [0.717, 1.165) is 53.0 Å². The summed E-state index contributed by atoms with van der Waals surface area (Å²) >= 11 is 1.68. The summed E-state index contributed by atoms with van der Waals surface area (Å²) in [6, 6.07) is 5.53. The first-order chi connectivity index (χ1) is 25.9. The van der Waals surface area contributed by atoms with Crippen LogP contribution < -0.4 is 14.8 Å². The van der Waals surface area contributed by atoms with Crippen LogP contribution in [-0.4, -0.2) is 75.1 Å². The summed E-state index contributed by atoms with van der Waals surface area (Å²) in [5, 5.41) is 3.16. The minimum atomic E-state index is -3.97. The van der Waals surface area contributed by atoms with E-state index in [-0.39, 0.29) is 48.6 Å². The quantitative estimate of drug-likeness (QED) is 0.284. The van der Waals surface area contributed by atoms with Crippen LogP contribution >= 0.6 is 11.3 Å². The molecular weight excluding hydrogens is 737 g/mol. The molecule has 3 fully saturated rings. The van der Waals surface area contributed by atoms with Gasteiger partial charge < -0.3 is 15.0 Å². The molecule has 4 heterocycles. The third-order valence-corrected chi connectivity index (χ3v) is 15.3. The van der Waals surface area contributed by atoms with Gasteiger partial charge in [-0.1, -0.05) is 60.1 Å². The molecule has 0 radical (unpaired) electrons. The van der Waals surface area contributed by atoms with E-state index in [4.69, 9.17) is 14.7 Å². The summed E-state index contributed by atoms with van der Waals surface area (Å²) in [6.45, 7) is 20.3. The van der Waals surface area contributed by atoms with Gasteiger partial charge in [-0.25, -0.2) is 13.4 Å².